The highest BCUT2D eigenvalue weighted by atomic mass is 16.5. The van der Waals surface area contributed by atoms with Crippen LogP contribution >= 0.6 is 0 Å². The number of pyridine rings is 1. The van der Waals surface area contributed by atoms with Gasteiger partial charge in [0.15, 0.2) is 6.29 Å². The van der Waals surface area contributed by atoms with Crippen LogP contribution in [0.4, 0.5) is 0 Å². The van der Waals surface area contributed by atoms with Crippen molar-refractivity contribution in [1.29, 1.82) is 0 Å². The predicted octanol–water partition coefficient (Wildman–Crippen LogP) is 3.36. The van der Waals surface area contributed by atoms with Crippen LogP contribution in [0.5, 0.6) is 11.6 Å². The highest BCUT2D eigenvalue weighted by molar-refractivity contribution is 5.83. The van der Waals surface area contributed by atoms with Crippen molar-refractivity contribution in [2.75, 3.05) is 7.11 Å². The molecule has 104 valence electrons. The summed E-state index contributed by atoms with van der Waals surface area (Å²) < 4.78 is 10.7. The Morgan fingerprint density at radius 3 is 2.55 bits per heavy atom. The van der Waals surface area contributed by atoms with E-state index in [1.54, 1.807) is 19.4 Å². The fourth-order valence-electron chi connectivity index (χ4n) is 1.88. The van der Waals surface area contributed by atoms with E-state index in [4.69, 9.17) is 9.47 Å². The zero-order valence-corrected chi connectivity index (χ0v) is 11.8. The van der Waals surface area contributed by atoms with Crippen LogP contribution in [0.3, 0.4) is 0 Å². The number of hydrogen-bond donors (Lipinski definition) is 0. The van der Waals surface area contributed by atoms with Gasteiger partial charge in [0.25, 0.3) is 0 Å². The summed E-state index contributed by atoms with van der Waals surface area (Å²) in [7, 11) is 1.57. The molecular weight excluding hydrogens is 254 g/mol. The normalized spacial score (nSPS) is 10.4. The van der Waals surface area contributed by atoms with Crippen molar-refractivity contribution in [3.05, 3.63) is 42.1 Å². The second-order valence-electron chi connectivity index (χ2n) is 4.62. The smallest absolute Gasteiger partial charge is 0.213 e. The van der Waals surface area contributed by atoms with Crippen molar-refractivity contribution in [2.45, 2.75) is 20.0 Å². The van der Waals surface area contributed by atoms with Gasteiger partial charge in [0.2, 0.25) is 5.88 Å². The first-order chi connectivity index (χ1) is 9.63. The summed E-state index contributed by atoms with van der Waals surface area (Å²) in [5.41, 5.74) is 2.40. The summed E-state index contributed by atoms with van der Waals surface area (Å²) >= 11 is 0. The second kappa shape index (κ2) is 6.19. The Balaban J connectivity index is 2.40. The van der Waals surface area contributed by atoms with Gasteiger partial charge in [0.1, 0.15) is 5.75 Å². The molecule has 2 aromatic rings. The molecule has 4 nitrogen and oxygen atoms in total. The zero-order chi connectivity index (χ0) is 14.5. The number of ether oxygens (including phenoxy) is 2. The number of rotatable bonds is 5. The molecule has 1 aromatic heterocycles. The Bertz CT molecular complexity index is 608. The standard InChI is InChI=1S/C16H17NO3/c1-11(2)20-15-5-4-12(8-14(15)10-18)13-6-7-17-16(9-13)19-3/h4-11H,1-3H3. The molecule has 0 saturated carbocycles. The molecule has 1 aromatic carbocycles. The van der Waals surface area contributed by atoms with Crippen molar-refractivity contribution < 1.29 is 14.3 Å². The van der Waals surface area contributed by atoms with Crippen LogP contribution in [0.2, 0.25) is 0 Å². The molecule has 0 unspecified atom stereocenters. The lowest BCUT2D eigenvalue weighted by Gasteiger charge is -2.13. The average molecular weight is 271 g/mol. The number of nitrogens with zero attached hydrogens (tertiary/aromatic N) is 1. The highest BCUT2D eigenvalue weighted by Crippen LogP contribution is 2.27. The van der Waals surface area contributed by atoms with Gasteiger partial charge in [-0.05, 0) is 43.2 Å². The molecular formula is C16H17NO3. The third-order valence-corrected chi connectivity index (χ3v) is 2.78. The van der Waals surface area contributed by atoms with Crippen LogP contribution in [0.15, 0.2) is 36.5 Å². The maximum atomic E-state index is 11.2. The summed E-state index contributed by atoms with van der Waals surface area (Å²) in [5, 5.41) is 0. The number of hydrogen-bond acceptors (Lipinski definition) is 4. The van der Waals surface area contributed by atoms with Crippen LogP contribution in [-0.4, -0.2) is 24.5 Å². The van der Waals surface area contributed by atoms with Gasteiger partial charge >= 0.3 is 0 Å². The lowest BCUT2D eigenvalue weighted by Crippen LogP contribution is -2.07. The van der Waals surface area contributed by atoms with E-state index in [-0.39, 0.29) is 6.10 Å². The first-order valence-electron chi connectivity index (χ1n) is 6.40. The maximum Gasteiger partial charge on any atom is 0.213 e. The Labute approximate surface area is 118 Å². The van der Waals surface area contributed by atoms with E-state index < -0.39 is 0 Å². The van der Waals surface area contributed by atoms with E-state index in [1.807, 2.05) is 38.1 Å². The van der Waals surface area contributed by atoms with E-state index in [1.165, 1.54) is 0 Å². The molecule has 0 radical (unpaired) electrons. The summed E-state index contributed by atoms with van der Waals surface area (Å²) in [4.78, 5) is 15.3. The summed E-state index contributed by atoms with van der Waals surface area (Å²) in [6.45, 7) is 3.85. The van der Waals surface area contributed by atoms with Crippen LogP contribution in [0.25, 0.3) is 11.1 Å². The zero-order valence-electron chi connectivity index (χ0n) is 11.8. The Morgan fingerprint density at radius 2 is 1.90 bits per heavy atom. The summed E-state index contributed by atoms with van der Waals surface area (Å²) in [6, 6.07) is 9.23. The topological polar surface area (TPSA) is 48.4 Å². The van der Waals surface area contributed by atoms with Crippen molar-refractivity contribution in [1.82, 2.24) is 4.98 Å². The average Bonchev–Trinajstić information content (AvgIpc) is 2.47. The molecule has 0 amide bonds. The van der Waals surface area contributed by atoms with Gasteiger partial charge in [0.05, 0.1) is 18.8 Å². The van der Waals surface area contributed by atoms with E-state index >= 15 is 0 Å². The fraction of sp³-hybridized carbons (Fsp3) is 0.250. The molecule has 0 aliphatic heterocycles. The lowest BCUT2D eigenvalue weighted by atomic mass is 10.0. The van der Waals surface area contributed by atoms with Crippen molar-refractivity contribution >= 4 is 6.29 Å². The molecule has 0 aliphatic rings. The first kappa shape index (κ1) is 14.1. The van der Waals surface area contributed by atoms with Gasteiger partial charge in [-0.15, -0.1) is 0 Å². The van der Waals surface area contributed by atoms with Crippen molar-refractivity contribution in [3.8, 4) is 22.8 Å². The van der Waals surface area contributed by atoms with Crippen molar-refractivity contribution in [3.63, 3.8) is 0 Å². The third kappa shape index (κ3) is 3.15. The van der Waals surface area contributed by atoms with E-state index in [9.17, 15) is 4.79 Å². The molecule has 1 heterocycles. The predicted molar refractivity (Wildman–Crippen MR) is 77.4 cm³/mol. The monoisotopic (exact) mass is 271 g/mol. The van der Waals surface area contributed by atoms with Gasteiger partial charge < -0.3 is 9.47 Å². The first-order valence-corrected chi connectivity index (χ1v) is 6.40. The number of carbonyl (C=O) groups is 1. The molecule has 20 heavy (non-hydrogen) atoms. The molecule has 0 N–H and O–H groups in total. The molecule has 2 rings (SSSR count). The van der Waals surface area contributed by atoms with E-state index in [2.05, 4.69) is 4.98 Å². The van der Waals surface area contributed by atoms with Gasteiger partial charge in [-0.25, -0.2) is 4.98 Å². The quantitative estimate of drug-likeness (QED) is 0.782. The van der Waals surface area contributed by atoms with E-state index in [0.717, 1.165) is 17.4 Å². The molecule has 0 atom stereocenters. The van der Waals surface area contributed by atoms with Crippen LogP contribution in [0, 0.1) is 0 Å². The third-order valence-electron chi connectivity index (χ3n) is 2.78. The van der Waals surface area contributed by atoms with E-state index in [0.29, 0.717) is 17.2 Å². The number of aldehydes is 1. The minimum atomic E-state index is 0.0283. The molecule has 0 spiro atoms. The molecule has 0 aliphatic carbocycles. The molecule has 0 fully saturated rings. The molecule has 0 bridgehead atoms. The fourth-order valence-corrected chi connectivity index (χ4v) is 1.88. The van der Waals surface area contributed by atoms with Crippen LogP contribution in [-0.2, 0) is 0 Å². The maximum absolute atomic E-state index is 11.2. The lowest BCUT2D eigenvalue weighted by molar-refractivity contribution is 0.111. The Morgan fingerprint density at radius 1 is 1.15 bits per heavy atom. The SMILES string of the molecule is COc1cc(-c2ccc(OC(C)C)c(C=O)c2)ccn1. The number of benzene rings is 1. The van der Waals surface area contributed by atoms with Crippen LogP contribution in [0.1, 0.15) is 24.2 Å². The summed E-state index contributed by atoms with van der Waals surface area (Å²) in [5.74, 6) is 1.14. The number of aromatic nitrogens is 1. The molecule has 0 saturated heterocycles. The summed E-state index contributed by atoms with van der Waals surface area (Å²) in [6.07, 6.45) is 2.51. The Hall–Kier alpha value is -2.36. The van der Waals surface area contributed by atoms with Gasteiger partial charge in [-0.1, -0.05) is 6.07 Å². The molecule has 4 heteroatoms. The highest BCUT2D eigenvalue weighted by Gasteiger charge is 2.08. The van der Waals surface area contributed by atoms with Crippen LogP contribution < -0.4 is 9.47 Å². The van der Waals surface area contributed by atoms with Gasteiger partial charge in [-0.2, -0.15) is 0 Å². The van der Waals surface area contributed by atoms with Crippen molar-refractivity contribution in [2.24, 2.45) is 0 Å². The number of methoxy groups -OCH3 is 1. The minimum Gasteiger partial charge on any atom is -0.490 e. The van der Waals surface area contributed by atoms with Gasteiger partial charge in [0, 0.05) is 12.3 Å². The minimum absolute atomic E-state index is 0.0283. The largest absolute Gasteiger partial charge is 0.490 e. The second-order valence-corrected chi connectivity index (χ2v) is 4.62. The number of carbonyl (C=O) groups excluding carboxylic acids is 1. The Kier molecular flexibility index (Phi) is 4.35. The van der Waals surface area contributed by atoms with Gasteiger partial charge in [-0.3, -0.25) is 4.79 Å².